The molecule has 1 N–H and O–H groups in total. The Kier molecular flexibility index (Phi) is 2.08. The van der Waals surface area contributed by atoms with Gasteiger partial charge in [-0.2, -0.15) is 5.26 Å². The third kappa shape index (κ3) is 1.37. The highest BCUT2D eigenvalue weighted by Gasteiger charge is 2.18. The van der Waals surface area contributed by atoms with E-state index in [-0.39, 0.29) is 11.3 Å². The maximum absolute atomic E-state index is 8.46. The summed E-state index contributed by atoms with van der Waals surface area (Å²) in [4.78, 5) is 0. The van der Waals surface area contributed by atoms with Gasteiger partial charge in [0.15, 0.2) is 0 Å². The van der Waals surface area contributed by atoms with Crippen molar-refractivity contribution in [2.45, 2.75) is 11.8 Å². The number of nitrogens with zero attached hydrogens (tertiary/aromatic N) is 1. The second kappa shape index (κ2) is 2.85. The molecule has 0 spiro atoms. The van der Waals surface area contributed by atoms with Crippen LogP contribution in [0.4, 0.5) is 0 Å². The largest absolute Gasteiger partial charge is 0.304 e. The second-order valence-electron chi connectivity index (χ2n) is 2.25. The lowest BCUT2D eigenvalue weighted by Gasteiger charge is -2.14. The molecule has 10 heavy (non-hydrogen) atoms. The smallest absolute Gasteiger partial charge is 0.0765 e. The van der Waals surface area contributed by atoms with Crippen molar-refractivity contribution in [2.24, 2.45) is 5.92 Å². The predicted molar refractivity (Wildman–Crippen MR) is 40.2 cm³/mol. The van der Waals surface area contributed by atoms with Gasteiger partial charge in [-0.25, -0.2) is 0 Å². The minimum absolute atomic E-state index is 0.100. The van der Waals surface area contributed by atoms with Gasteiger partial charge in [-0.1, -0.05) is 6.08 Å². The van der Waals surface area contributed by atoms with Crippen molar-refractivity contribution in [2.75, 3.05) is 0 Å². The van der Waals surface area contributed by atoms with Gasteiger partial charge in [0.25, 0.3) is 0 Å². The average Bonchev–Trinajstić information content (AvgIpc) is 1.95. The number of allylic oxidation sites excluding steroid dienone is 2. The van der Waals surface area contributed by atoms with Crippen molar-refractivity contribution in [3.05, 3.63) is 12.2 Å². The topological polar surface area (TPSA) is 47.6 Å². The third-order valence-corrected chi connectivity index (χ3v) is 1.89. The monoisotopic (exact) mass is 154 g/mol. The molecule has 0 saturated heterocycles. The van der Waals surface area contributed by atoms with Crippen LogP contribution in [0.25, 0.3) is 0 Å². The summed E-state index contributed by atoms with van der Waals surface area (Å²) < 4.78 is 0. The first kappa shape index (κ1) is 7.30. The molecule has 0 aromatic heterocycles. The number of rotatable bonds is 0. The van der Waals surface area contributed by atoms with E-state index in [0.717, 1.165) is 0 Å². The summed E-state index contributed by atoms with van der Waals surface area (Å²) in [6.45, 7) is 0. The maximum atomic E-state index is 8.46. The van der Waals surface area contributed by atoms with Gasteiger partial charge >= 0.3 is 0 Å². The van der Waals surface area contributed by atoms with E-state index in [1.165, 1.54) is 0 Å². The third-order valence-electron chi connectivity index (χ3n) is 1.47. The van der Waals surface area contributed by atoms with Crippen LogP contribution in [0.3, 0.4) is 0 Å². The molecular weight excluding hydrogens is 148 g/mol. The average molecular weight is 155 g/mol. The summed E-state index contributed by atoms with van der Waals surface area (Å²) in [5.74, 6) is -0.100. The molecule has 2 nitrogen and oxygen atoms in total. The summed E-state index contributed by atoms with van der Waals surface area (Å²) in [7, 11) is 0. The van der Waals surface area contributed by atoms with Crippen LogP contribution in [-0.4, -0.2) is 11.1 Å². The lowest BCUT2D eigenvalue weighted by atomic mass is 9.96. The van der Waals surface area contributed by atoms with E-state index in [2.05, 4.69) is 6.07 Å². The molecule has 52 valence electrons. The minimum Gasteiger partial charge on any atom is -0.304 e. The highest BCUT2D eigenvalue weighted by molar-refractivity contribution is 6.33. The predicted octanol–water partition coefficient (Wildman–Crippen LogP) is 1.71. The van der Waals surface area contributed by atoms with Gasteiger partial charge in [-0.15, -0.1) is 11.6 Å². The second-order valence-corrected chi connectivity index (χ2v) is 2.78. The minimum atomic E-state index is -0.269. The summed E-state index contributed by atoms with van der Waals surface area (Å²) in [5.41, 5.74) is 0.410. The van der Waals surface area contributed by atoms with Gasteiger partial charge in [0.2, 0.25) is 0 Å². The maximum Gasteiger partial charge on any atom is 0.0765 e. The van der Waals surface area contributed by atoms with E-state index in [1.807, 2.05) is 0 Å². The van der Waals surface area contributed by atoms with Crippen LogP contribution >= 0.6 is 11.6 Å². The van der Waals surface area contributed by atoms with Crippen LogP contribution in [0, 0.1) is 22.7 Å². The molecule has 1 aliphatic rings. The highest BCUT2D eigenvalue weighted by atomic mass is 35.5. The van der Waals surface area contributed by atoms with Gasteiger partial charge in [-0.3, -0.25) is 0 Å². The highest BCUT2D eigenvalue weighted by Crippen LogP contribution is 2.18. The molecule has 2 unspecified atom stereocenters. The summed E-state index contributed by atoms with van der Waals surface area (Å²) in [6, 6.07) is 2.09. The van der Waals surface area contributed by atoms with E-state index in [4.69, 9.17) is 22.3 Å². The Balaban J connectivity index is 2.71. The SMILES string of the molecule is N#CC1C=CC(=N)C(Cl)C1. The number of nitriles is 1. The molecule has 0 aromatic rings. The molecule has 0 heterocycles. The normalized spacial score (nSPS) is 31.8. The number of halogens is 1. The summed E-state index contributed by atoms with van der Waals surface area (Å²) in [6.07, 6.45) is 3.91. The van der Waals surface area contributed by atoms with Crippen molar-refractivity contribution >= 4 is 17.3 Å². The van der Waals surface area contributed by atoms with Gasteiger partial charge < -0.3 is 5.41 Å². The molecule has 0 aromatic carbocycles. The Morgan fingerprint density at radius 2 is 2.50 bits per heavy atom. The van der Waals surface area contributed by atoms with E-state index < -0.39 is 0 Å². The quantitative estimate of drug-likeness (QED) is 0.531. The van der Waals surface area contributed by atoms with Crippen LogP contribution < -0.4 is 0 Å². The lowest BCUT2D eigenvalue weighted by molar-refractivity contribution is 0.741. The van der Waals surface area contributed by atoms with Crippen LogP contribution in [0.2, 0.25) is 0 Å². The van der Waals surface area contributed by atoms with Crippen molar-refractivity contribution < 1.29 is 0 Å². The number of alkyl halides is 1. The number of hydrogen-bond donors (Lipinski definition) is 1. The zero-order valence-corrected chi connectivity index (χ0v) is 6.10. The van der Waals surface area contributed by atoms with Gasteiger partial charge in [0, 0.05) is 5.71 Å². The van der Waals surface area contributed by atoms with Gasteiger partial charge in [-0.05, 0) is 12.5 Å². The summed E-state index contributed by atoms with van der Waals surface area (Å²) in [5, 5.41) is 15.4. The molecule has 0 fully saturated rings. The van der Waals surface area contributed by atoms with Crippen LogP contribution in [0.15, 0.2) is 12.2 Å². The molecule has 0 amide bonds. The van der Waals surface area contributed by atoms with Crippen molar-refractivity contribution in [1.82, 2.24) is 0 Å². The van der Waals surface area contributed by atoms with Gasteiger partial charge in [0.1, 0.15) is 0 Å². The Morgan fingerprint density at radius 1 is 1.80 bits per heavy atom. The number of hydrogen-bond acceptors (Lipinski definition) is 2. The summed E-state index contributed by atoms with van der Waals surface area (Å²) >= 11 is 5.71. The Bertz CT molecular complexity index is 214. The van der Waals surface area contributed by atoms with Crippen molar-refractivity contribution in [3.63, 3.8) is 0 Å². The molecule has 3 heteroatoms. The van der Waals surface area contributed by atoms with E-state index in [0.29, 0.717) is 12.1 Å². The molecule has 0 radical (unpaired) electrons. The van der Waals surface area contributed by atoms with E-state index in [9.17, 15) is 0 Å². The first-order chi connectivity index (χ1) is 4.74. The zero-order valence-electron chi connectivity index (χ0n) is 5.34. The molecule has 0 aliphatic heterocycles. The Labute approximate surface area is 64.6 Å². The molecular formula is C7H7ClN2. The molecule has 1 aliphatic carbocycles. The van der Waals surface area contributed by atoms with Gasteiger partial charge in [0.05, 0.1) is 17.4 Å². The van der Waals surface area contributed by atoms with Crippen LogP contribution in [0.5, 0.6) is 0 Å². The zero-order chi connectivity index (χ0) is 7.56. The van der Waals surface area contributed by atoms with Crippen molar-refractivity contribution in [1.29, 1.82) is 10.7 Å². The lowest BCUT2D eigenvalue weighted by Crippen LogP contribution is -2.18. The van der Waals surface area contributed by atoms with E-state index >= 15 is 0 Å². The Morgan fingerprint density at radius 3 is 3.00 bits per heavy atom. The molecule has 2 atom stereocenters. The first-order valence-electron chi connectivity index (χ1n) is 3.04. The van der Waals surface area contributed by atoms with Crippen LogP contribution in [0.1, 0.15) is 6.42 Å². The number of nitrogens with one attached hydrogen (secondary N) is 1. The molecule has 0 bridgehead atoms. The fourth-order valence-electron chi connectivity index (χ4n) is 0.848. The van der Waals surface area contributed by atoms with Crippen LogP contribution in [-0.2, 0) is 0 Å². The Hall–Kier alpha value is -0.810. The fraction of sp³-hybridized carbons (Fsp3) is 0.429. The molecule has 0 saturated carbocycles. The van der Waals surface area contributed by atoms with E-state index in [1.54, 1.807) is 12.2 Å². The standard InChI is InChI=1S/C7H7ClN2/c8-6-3-5(4-9)1-2-7(6)10/h1-2,5-6,10H,3H2. The van der Waals surface area contributed by atoms with Crippen molar-refractivity contribution in [3.8, 4) is 6.07 Å². The first-order valence-corrected chi connectivity index (χ1v) is 3.48. The fourth-order valence-corrected chi connectivity index (χ4v) is 1.11. The molecule has 1 rings (SSSR count).